The lowest BCUT2D eigenvalue weighted by molar-refractivity contribution is 0.378. The van der Waals surface area contributed by atoms with E-state index < -0.39 is 23.0 Å². The Bertz CT molecular complexity index is 1230. The molecule has 2 heterocycles. The maximum atomic E-state index is 10.7. The topological polar surface area (TPSA) is 112 Å². The van der Waals surface area contributed by atoms with Crippen LogP contribution >= 0.6 is 0 Å². The fourth-order valence-electron chi connectivity index (χ4n) is 3.76. The quantitative estimate of drug-likeness (QED) is 0.197. The number of H-pyrrole nitrogens is 2. The van der Waals surface area contributed by atoms with Crippen molar-refractivity contribution in [3.05, 3.63) is 60.9 Å². The van der Waals surface area contributed by atoms with Crippen LogP contribution in [0, 0.1) is 0 Å². The Hall–Kier alpha value is -4.06. The van der Waals surface area contributed by atoms with E-state index in [1.807, 2.05) is 48.5 Å². The van der Waals surface area contributed by atoms with Crippen LogP contribution in [0.25, 0.3) is 44.1 Å². The van der Waals surface area contributed by atoms with Crippen molar-refractivity contribution >= 4 is 21.8 Å². The minimum absolute atomic E-state index is 0.0314. The molecular weight excluding hydrogens is 356 g/mol. The molecule has 138 valence electrons. The number of rotatable bonds is 2. The summed E-state index contributed by atoms with van der Waals surface area (Å²) in [5.41, 5.74) is 2.49. The van der Waals surface area contributed by atoms with Crippen molar-refractivity contribution in [2.45, 2.75) is 0 Å². The van der Waals surface area contributed by atoms with Gasteiger partial charge in [-0.15, -0.1) is 0 Å². The van der Waals surface area contributed by atoms with Gasteiger partial charge in [0.25, 0.3) is 0 Å². The highest BCUT2D eigenvalue weighted by Gasteiger charge is 2.27. The van der Waals surface area contributed by atoms with Gasteiger partial charge in [0, 0.05) is 45.3 Å². The van der Waals surface area contributed by atoms with E-state index in [0.717, 1.165) is 21.8 Å². The van der Waals surface area contributed by atoms with Crippen LogP contribution in [0.2, 0.25) is 0 Å². The Morgan fingerprint density at radius 2 is 0.857 bits per heavy atom. The molecule has 5 rings (SSSR count). The largest absolute Gasteiger partial charge is 0.504 e. The summed E-state index contributed by atoms with van der Waals surface area (Å²) in [5, 5.41) is 44.4. The lowest BCUT2D eigenvalue weighted by Crippen LogP contribution is -1.87. The highest BCUT2D eigenvalue weighted by molar-refractivity contribution is 6.05. The average Bonchev–Trinajstić information content (AvgIpc) is 3.32. The van der Waals surface area contributed by atoms with Gasteiger partial charge in [0.2, 0.25) is 0 Å². The van der Waals surface area contributed by atoms with Crippen molar-refractivity contribution < 1.29 is 20.4 Å². The third-order valence-electron chi connectivity index (χ3n) is 5.11. The fourth-order valence-corrected chi connectivity index (χ4v) is 3.76. The van der Waals surface area contributed by atoms with Crippen LogP contribution in [0.15, 0.2) is 60.9 Å². The van der Waals surface area contributed by atoms with E-state index >= 15 is 0 Å². The number of aromatic hydroxyl groups is 4. The lowest BCUT2D eigenvalue weighted by Gasteiger charge is -2.15. The number of phenolic OH excluding ortho intramolecular Hbond substituents is 4. The lowest BCUT2D eigenvalue weighted by atomic mass is 9.95. The number of hydrogen-bond acceptors (Lipinski definition) is 4. The summed E-state index contributed by atoms with van der Waals surface area (Å²) in [6, 6.07) is 14.7. The zero-order chi connectivity index (χ0) is 19.4. The molecule has 3 aromatic carbocycles. The molecular formula is C22H16N2O4. The number of aromatic amines is 2. The highest BCUT2D eigenvalue weighted by Crippen LogP contribution is 2.56. The SMILES string of the molecule is Oc1c(O)c(-c2c[nH]c3ccccc23)c(O)c(O)c1-c1c[nH]c2ccccc12. The Kier molecular flexibility index (Phi) is 3.30. The molecule has 0 saturated heterocycles. The first-order valence-electron chi connectivity index (χ1n) is 8.70. The molecule has 0 bridgehead atoms. The number of hydrogen-bond donors (Lipinski definition) is 6. The second kappa shape index (κ2) is 5.72. The maximum absolute atomic E-state index is 10.7. The van der Waals surface area contributed by atoms with E-state index in [-0.39, 0.29) is 11.1 Å². The van der Waals surface area contributed by atoms with Crippen molar-refractivity contribution in [3.63, 3.8) is 0 Å². The summed E-state index contributed by atoms with van der Waals surface area (Å²) in [7, 11) is 0. The van der Waals surface area contributed by atoms with Gasteiger partial charge in [0.15, 0.2) is 23.0 Å². The van der Waals surface area contributed by atoms with Crippen LogP contribution in [0.4, 0.5) is 0 Å². The summed E-state index contributed by atoms with van der Waals surface area (Å²) in [6.07, 6.45) is 3.23. The highest BCUT2D eigenvalue weighted by atomic mass is 16.3. The van der Waals surface area contributed by atoms with Crippen LogP contribution in [0.3, 0.4) is 0 Å². The van der Waals surface area contributed by atoms with E-state index in [9.17, 15) is 20.4 Å². The standard InChI is InChI=1S/C22H16N2O4/c25-19-17(13-9-23-15-7-3-1-5-11(13)15)20(26)22(28)18(21(19)27)14-10-24-16-8-4-2-6-12(14)16/h1-10,23-28H. The fraction of sp³-hybridized carbons (Fsp3) is 0. The van der Waals surface area contributed by atoms with E-state index in [1.165, 1.54) is 0 Å². The Morgan fingerprint density at radius 1 is 0.500 bits per heavy atom. The van der Waals surface area contributed by atoms with Crippen molar-refractivity contribution in [1.82, 2.24) is 9.97 Å². The molecule has 0 amide bonds. The Morgan fingerprint density at radius 3 is 1.25 bits per heavy atom. The molecule has 0 aliphatic rings. The first-order valence-corrected chi connectivity index (χ1v) is 8.70. The molecule has 6 N–H and O–H groups in total. The van der Waals surface area contributed by atoms with Crippen molar-refractivity contribution in [2.24, 2.45) is 0 Å². The maximum Gasteiger partial charge on any atom is 0.170 e. The zero-order valence-electron chi connectivity index (χ0n) is 14.6. The van der Waals surface area contributed by atoms with Crippen LogP contribution in [0.1, 0.15) is 0 Å². The number of aromatic nitrogens is 2. The molecule has 5 aromatic rings. The normalized spacial score (nSPS) is 11.4. The number of benzene rings is 3. The van der Waals surface area contributed by atoms with Gasteiger partial charge in [-0.3, -0.25) is 0 Å². The molecule has 28 heavy (non-hydrogen) atoms. The zero-order valence-corrected chi connectivity index (χ0v) is 14.6. The second-order valence-electron chi connectivity index (χ2n) is 6.64. The van der Waals surface area contributed by atoms with Crippen LogP contribution < -0.4 is 0 Å². The Labute approximate surface area is 159 Å². The van der Waals surface area contributed by atoms with E-state index in [0.29, 0.717) is 11.1 Å². The van der Waals surface area contributed by atoms with E-state index in [4.69, 9.17) is 0 Å². The van der Waals surface area contributed by atoms with Gasteiger partial charge in [-0.1, -0.05) is 36.4 Å². The summed E-state index contributed by atoms with van der Waals surface area (Å²) in [5.74, 6) is -2.00. The number of nitrogens with one attached hydrogen (secondary N) is 2. The first-order chi connectivity index (χ1) is 13.6. The predicted molar refractivity (Wildman–Crippen MR) is 108 cm³/mol. The van der Waals surface area contributed by atoms with Gasteiger partial charge >= 0.3 is 0 Å². The molecule has 6 nitrogen and oxygen atoms in total. The summed E-state index contributed by atoms with van der Waals surface area (Å²) < 4.78 is 0. The van der Waals surface area contributed by atoms with Crippen molar-refractivity contribution in [3.8, 4) is 45.3 Å². The van der Waals surface area contributed by atoms with Crippen LogP contribution in [0.5, 0.6) is 23.0 Å². The summed E-state index contributed by atoms with van der Waals surface area (Å²) in [6.45, 7) is 0. The molecule has 0 spiro atoms. The predicted octanol–water partition coefficient (Wildman–Crippen LogP) is 4.81. The second-order valence-corrected chi connectivity index (χ2v) is 6.64. The smallest absolute Gasteiger partial charge is 0.170 e. The number of phenols is 4. The third-order valence-corrected chi connectivity index (χ3v) is 5.11. The minimum Gasteiger partial charge on any atom is -0.504 e. The molecule has 2 aromatic heterocycles. The van der Waals surface area contributed by atoms with E-state index in [1.54, 1.807) is 12.4 Å². The molecule has 6 heteroatoms. The Balaban J connectivity index is 1.82. The average molecular weight is 372 g/mol. The van der Waals surface area contributed by atoms with Crippen molar-refractivity contribution in [1.29, 1.82) is 0 Å². The molecule has 0 saturated carbocycles. The van der Waals surface area contributed by atoms with Crippen LogP contribution in [-0.4, -0.2) is 30.4 Å². The number of para-hydroxylation sites is 2. The molecule has 0 unspecified atom stereocenters. The molecule has 0 aliphatic carbocycles. The number of fused-ring (bicyclic) bond motifs is 2. The molecule has 0 fully saturated rings. The van der Waals surface area contributed by atoms with Crippen molar-refractivity contribution in [2.75, 3.05) is 0 Å². The first kappa shape index (κ1) is 16.1. The minimum atomic E-state index is -0.500. The van der Waals surface area contributed by atoms with E-state index in [2.05, 4.69) is 9.97 Å². The summed E-state index contributed by atoms with van der Waals surface area (Å²) >= 11 is 0. The van der Waals surface area contributed by atoms with Gasteiger partial charge in [-0.2, -0.15) is 0 Å². The summed E-state index contributed by atoms with van der Waals surface area (Å²) in [4.78, 5) is 6.11. The van der Waals surface area contributed by atoms with Gasteiger partial charge in [-0.25, -0.2) is 0 Å². The van der Waals surface area contributed by atoms with Crippen LogP contribution in [-0.2, 0) is 0 Å². The van der Waals surface area contributed by atoms with Gasteiger partial charge in [0.05, 0.1) is 11.1 Å². The third kappa shape index (κ3) is 2.08. The van der Waals surface area contributed by atoms with Gasteiger partial charge in [-0.05, 0) is 12.1 Å². The molecule has 0 radical (unpaired) electrons. The van der Waals surface area contributed by atoms with Gasteiger partial charge in [0.1, 0.15) is 0 Å². The molecule has 0 atom stereocenters. The molecule has 0 aliphatic heterocycles. The monoisotopic (exact) mass is 372 g/mol. The van der Waals surface area contributed by atoms with Gasteiger partial charge < -0.3 is 30.4 Å².